The van der Waals surface area contributed by atoms with Crippen LogP contribution in [0.4, 0.5) is 0 Å². The zero-order valence-electron chi connectivity index (χ0n) is 11.4. The Morgan fingerprint density at radius 3 is 2.50 bits per heavy atom. The zero-order valence-corrected chi connectivity index (χ0v) is 11.4. The van der Waals surface area contributed by atoms with Gasteiger partial charge in [0, 0.05) is 13.7 Å². The van der Waals surface area contributed by atoms with Gasteiger partial charge in [0.2, 0.25) is 0 Å². The summed E-state index contributed by atoms with van der Waals surface area (Å²) in [6.07, 6.45) is 7.01. The number of nitrogens with one attached hydrogen (secondary N) is 1. The molecule has 0 heterocycles. The van der Waals surface area contributed by atoms with Crippen molar-refractivity contribution in [2.45, 2.75) is 44.8 Å². The van der Waals surface area contributed by atoms with E-state index in [9.17, 15) is 0 Å². The third-order valence-electron chi connectivity index (χ3n) is 4.03. The van der Waals surface area contributed by atoms with Gasteiger partial charge in [0.15, 0.2) is 0 Å². The van der Waals surface area contributed by atoms with E-state index in [0.717, 1.165) is 19.0 Å². The van der Waals surface area contributed by atoms with E-state index < -0.39 is 0 Å². The van der Waals surface area contributed by atoms with Gasteiger partial charge in [-0.1, -0.05) is 30.3 Å². The first kappa shape index (κ1) is 13.6. The van der Waals surface area contributed by atoms with Crippen molar-refractivity contribution in [2.24, 2.45) is 5.92 Å². The highest BCUT2D eigenvalue weighted by atomic mass is 16.5. The summed E-state index contributed by atoms with van der Waals surface area (Å²) in [6.45, 7) is 2.13. The summed E-state index contributed by atoms with van der Waals surface area (Å²) < 4.78 is 5.41. The van der Waals surface area contributed by atoms with Gasteiger partial charge in [0.25, 0.3) is 0 Å². The lowest BCUT2D eigenvalue weighted by molar-refractivity contribution is 0.0556. The second-order valence-corrected chi connectivity index (χ2v) is 5.33. The molecule has 0 bridgehead atoms. The average molecular weight is 247 g/mol. The molecule has 1 N–H and O–H groups in total. The molecule has 0 atom stereocenters. The molecular formula is C16H25NO. The number of ether oxygens (including phenoxy) is 1. The molecule has 2 heteroatoms. The number of benzene rings is 1. The van der Waals surface area contributed by atoms with Gasteiger partial charge in [-0.2, -0.15) is 0 Å². The molecule has 1 aliphatic rings. The van der Waals surface area contributed by atoms with E-state index in [1.54, 1.807) is 0 Å². The molecule has 0 amide bonds. The first-order valence-electron chi connectivity index (χ1n) is 7.16. The van der Waals surface area contributed by atoms with Gasteiger partial charge >= 0.3 is 0 Å². The smallest absolute Gasteiger partial charge is 0.0571 e. The van der Waals surface area contributed by atoms with Crippen LogP contribution in [0.5, 0.6) is 0 Å². The SMILES string of the molecule is COC1CCC(CCNCc2ccccc2)CC1. The van der Waals surface area contributed by atoms with Crippen LogP contribution in [0.1, 0.15) is 37.7 Å². The predicted octanol–water partition coefficient (Wildman–Crippen LogP) is 3.37. The molecule has 1 aromatic rings. The average Bonchev–Trinajstić information content (AvgIpc) is 2.45. The minimum Gasteiger partial charge on any atom is -0.381 e. The molecule has 18 heavy (non-hydrogen) atoms. The second-order valence-electron chi connectivity index (χ2n) is 5.33. The summed E-state index contributed by atoms with van der Waals surface area (Å²) in [5, 5.41) is 3.54. The van der Waals surface area contributed by atoms with Crippen molar-refractivity contribution in [3.63, 3.8) is 0 Å². The van der Waals surface area contributed by atoms with E-state index in [0.29, 0.717) is 6.10 Å². The van der Waals surface area contributed by atoms with Crippen molar-refractivity contribution in [1.29, 1.82) is 0 Å². The Hall–Kier alpha value is -0.860. The molecule has 0 saturated heterocycles. The van der Waals surface area contributed by atoms with Gasteiger partial charge in [-0.25, -0.2) is 0 Å². The van der Waals surface area contributed by atoms with Crippen LogP contribution in [0.25, 0.3) is 0 Å². The Labute approximate surface area is 111 Å². The minimum atomic E-state index is 0.526. The van der Waals surface area contributed by atoms with Gasteiger partial charge in [0.05, 0.1) is 6.10 Å². The Morgan fingerprint density at radius 1 is 1.11 bits per heavy atom. The van der Waals surface area contributed by atoms with Crippen LogP contribution in [0.3, 0.4) is 0 Å². The van der Waals surface area contributed by atoms with Crippen molar-refractivity contribution in [3.8, 4) is 0 Å². The third kappa shape index (κ3) is 4.43. The molecule has 1 aliphatic carbocycles. The molecule has 1 saturated carbocycles. The third-order valence-corrected chi connectivity index (χ3v) is 4.03. The number of hydrogen-bond acceptors (Lipinski definition) is 2. The van der Waals surface area contributed by atoms with E-state index in [-0.39, 0.29) is 0 Å². The van der Waals surface area contributed by atoms with Gasteiger partial charge < -0.3 is 10.1 Å². The quantitative estimate of drug-likeness (QED) is 0.778. The summed E-state index contributed by atoms with van der Waals surface area (Å²) in [4.78, 5) is 0. The van der Waals surface area contributed by atoms with Crippen molar-refractivity contribution in [3.05, 3.63) is 35.9 Å². The van der Waals surface area contributed by atoms with Gasteiger partial charge in [-0.15, -0.1) is 0 Å². The fourth-order valence-electron chi connectivity index (χ4n) is 2.79. The minimum absolute atomic E-state index is 0.526. The molecular weight excluding hydrogens is 222 g/mol. The Morgan fingerprint density at radius 2 is 1.83 bits per heavy atom. The first-order chi connectivity index (χ1) is 8.88. The highest BCUT2D eigenvalue weighted by Gasteiger charge is 2.20. The topological polar surface area (TPSA) is 21.3 Å². The Balaban J connectivity index is 1.56. The maximum atomic E-state index is 5.41. The molecule has 0 aliphatic heterocycles. The Kier molecular flexibility index (Phi) is 5.69. The van der Waals surface area contributed by atoms with E-state index >= 15 is 0 Å². The molecule has 1 fully saturated rings. The van der Waals surface area contributed by atoms with Crippen molar-refractivity contribution < 1.29 is 4.74 Å². The van der Waals surface area contributed by atoms with E-state index in [4.69, 9.17) is 4.74 Å². The number of rotatable bonds is 6. The zero-order chi connectivity index (χ0) is 12.6. The normalized spacial score (nSPS) is 24.1. The maximum absolute atomic E-state index is 5.41. The summed E-state index contributed by atoms with van der Waals surface area (Å²) in [7, 11) is 1.84. The van der Waals surface area contributed by atoms with Crippen molar-refractivity contribution in [1.82, 2.24) is 5.32 Å². The second kappa shape index (κ2) is 7.55. The van der Waals surface area contributed by atoms with E-state index in [1.165, 1.54) is 37.7 Å². The Bertz CT molecular complexity index is 317. The van der Waals surface area contributed by atoms with Crippen LogP contribution >= 0.6 is 0 Å². The summed E-state index contributed by atoms with van der Waals surface area (Å²) >= 11 is 0. The fourth-order valence-corrected chi connectivity index (χ4v) is 2.79. The molecule has 1 aromatic carbocycles. The lowest BCUT2D eigenvalue weighted by atomic mass is 9.85. The first-order valence-corrected chi connectivity index (χ1v) is 7.16. The summed E-state index contributed by atoms with van der Waals surface area (Å²) in [5.74, 6) is 0.902. The van der Waals surface area contributed by atoms with Crippen molar-refractivity contribution >= 4 is 0 Å². The monoisotopic (exact) mass is 247 g/mol. The maximum Gasteiger partial charge on any atom is 0.0571 e. The van der Waals surface area contributed by atoms with Gasteiger partial charge in [-0.05, 0) is 50.1 Å². The highest BCUT2D eigenvalue weighted by molar-refractivity contribution is 5.14. The van der Waals surface area contributed by atoms with Crippen LogP contribution in [-0.4, -0.2) is 19.8 Å². The van der Waals surface area contributed by atoms with Gasteiger partial charge in [-0.3, -0.25) is 0 Å². The van der Waals surface area contributed by atoms with Crippen LogP contribution in [0.2, 0.25) is 0 Å². The highest BCUT2D eigenvalue weighted by Crippen LogP contribution is 2.27. The van der Waals surface area contributed by atoms with E-state index in [2.05, 4.69) is 35.6 Å². The van der Waals surface area contributed by atoms with Crippen molar-refractivity contribution in [2.75, 3.05) is 13.7 Å². The number of hydrogen-bond donors (Lipinski definition) is 1. The van der Waals surface area contributed by atoms with Gasteiger partial charge in [0.1, 0.15) is 0 Å². The van der Waals surface area contributed by atoms with E-state index in [1.807, 2.05) is 7.11 Å². The van der Waals surface area contributed by atoms with Crippen LogP contribution in [0, 0.1) is 5.92 Å². The molecule has 0 radical (unpaired) electrons. The predicted molar refractivity (Wildman–Crippen MR) is 75.5 cm³/mol. The summed E-state index contributed by atoms with van der Waals surface area (Å²) in [6, 6.07) is 10.6. The number of methoxy groups -OCH3 is 1. The molecule has 2 nitrogen and oxygen atoms in total. The largest absolute Gasteiger partial charge is 0.381 e. The molecule has 0 aromatic heterocycles. The summed E-state index contributed by atoms with van der Waals surface area (Å²) in [5.41, 5.74) is 1.38. The standard InChI is InChI=1S/C16H25NO/c1-18-16-9-7-14(8-10-16)11-12-17-13-15-5-3-2-4-6-15/h2-6,14,16-17H,7-13H2,1H3. The molecule has 2 rings (SSSR count). The molecule has 0 unspecified atom stereocenters. The lowest BCUT2D eigenvalue weighted by Gasteiger charge is -2.27. The fraction of sp³-hybridized carbons (Fsp3) is 0.625. The lowest BCUT2D eigenvalue weighted by Crippen LogP contribution is -2.23. The van der Waals surface area contributed by atoms with Crippen LogP contribution in [-0.2, 0) is 11.3 Å². The van der Waals surface area contributed by atoms with Crippen LogP contribution in [0.15, 0.2) is 30.3 Å². The van der Waals surface area contributed by atoms with Crippen LogP contribution < -0.4 is 5.32 Å². The molecule has 100 valence electrons. The molecule has 0 spiro atoms.